The zero-order chi connectivity index (χ0) is 30.7. The van der Waals surface area contributed by atoms with E-state index in [1.165, 1.54) is 0 Å². The van der Waals surface area contributed by atoms with Gasteiger partial charge in [0, 0.05) is 71.0 Å². The van der Waals surface area contributed by atoms with Gasteiger partial charge < -0.3 is 15.0 Å². The van der Waals surface area contributed by atoms with Crippen LogP contribution in [-0.4, -0.2) is 96.5 Å². The molecule has 0 spiro atoms. The van der Waals surface area contributed by atoms with Gasteiger partial charge in [-0.25, -0.2) is 14.8 Å². The van der Waals surface area contributed by atoms with Gasteiger partial charge in [-0.3, -0.25) is 19.5 Å². The Hall–Kier alpha value is -4.12. The van der Waals surface area contributed by atoms with Crippen molar-refractivity contribution in [2.75, 3.05) is 64.0 Å². The van der Waals surface area contributed by atoms with Crippen LogP contribution in [0.25, 0.3) is 11.1 Å². The quantitative estimate of drug-likeness (QED) is 0.259. The third kappa shape index (κ3) is 8.28. The minimum Gasteiger partial charge on any atom is -0.447 e. The summed E-state index contributed by atoms with van der Waals surface area (Å²) in [6, 6.07) is 21.6. The lowest BCUT2D eigenvalue weighted by molar-refractivity contribution is -0.130. The minimum absolute atomic E-state index is 0.101. The summed E-state index contributed by atoms with van der Waals surface area (Å²) >= 11 is 0. The molecule has 0 aliphatic carbocycles. The predicted molar refractivity (Wildman–Crippen MR) is 170 cm³/mol. The van der Waals surface area contributed by atoms with E-state index in [0.29, 0.717) is 12.2 Å². The average Bonchev–Trinajstić information content (AvgIpc) is 3.06. The van der Waals surface area contributed by atoms with E-state index in [-0.39, 0.29) is 24.8 Å². The molecule has 2 aliphatic rings. The molecule has 0 atom stereocenters. The van der Waals surface area contributed by atoms with Crippen LogP contribution in [0.1, 0.15) is 42.2 Å². The summed E-state index contributed by atoms with van der Waals surface area (Å²) in [6.07, 6.45) is 4.51. The van der Waals surface area contributed by atoms with Crippen molar-refractivity contribution < 1.29 is 19.1 Å². The molecule has 2 fully saturated rings. The van der Waals surface area contributed by atoms with Crippen molar-refractivity contribution in [1.29, 1.82) is 0 Å². The molecule has 0 saturated carbocycles. The molecule has 0 unspecified atom stereocenters. The summed E-state index contributed by atoms with van der Waals surface area (Å²) in [6.45, 7) is 7.60. The second kappa shape index (κ2) is 15.6. The first-order valence-electron chi connectivity index (χ1n) is 15.5. The monoisotopic (exact) mass is 598 g/mol. The number of anilines is 1. The Morgan fingerprint density at radius 2 is 1.59 bits per heavy atom. The summed E-state index contributed by atoms with van der Waals surface area (Å²) < 4.78 is 5.73. The highest BCUT2D eigenvalue weighted by molar-refractivity contribution is 5.96. The van der Waals surface area contributed by atoms with Crippen molar-refractivity contribution in [2.45, 2.75) is 32.7 Å². The maximum Gasteiger partial charge on any atom is 0.429 e. The number of aromatic nitrogens is 1. The number of carbonyl (C=O) groups excluding carboxylic acids is 3. The number of piperazine rings is 1. The van der Waals surface area contributed by atoms with E-state index in [1.54, 1.807) is 24.2 Å². The minimum atomic E-state index is -0.427. The van der Waals surface area contributed by atoms with Gasteiger partial charge in [0.15, 0.2) is 5.78 Å². The molecule has 10 nitrogen and oxygen atoms in total. The van der Waals surface area contributed by atoms with Crippen molar-refractivity contribution in [3.8, 4) is 11.1 Å². The molecule has 5 rings (SSSR count). The number of nitrogens with one attached hydrogen (secondary N) is 1. The molecule has 232 valence electrons. The van der Waals surface area contributed by atoms with Gasteiger partial charge in [-0.15, -0.1) is 0 Å². The molecular formula is C34H42N6O4. The van der Waals surface area contributed by atoms with Crippen LogP contribution in [-0.2, 0) is 16.1 Å². The van der Waals surface area contributed by atoms with Gasteiger partial charge in [0.1, 0.15) is 12.3 Å². The highest BCUT2D eigenvalue weighted by atomic mass is 16.6. The van der Waals surface area contributed by atoms with Crippen LogP contribution in [0.3, 0.4) is 0 Å². The van der Waals surface area contributed by atoms with Crippen molar-refractivity contribution in [2.24, 2.45) is 0 Å². The number of benzene rings is 2. The number of para-hydroxylation sites is 1. The number of ketones is 1. The lowest BCUT2D eigenvalue weighted by Crippen LogP contribution is -2.50. The predicted octanol–water partition coefficient (Wildman–Crippen LogP) is 4.23. The van der Waals surface area contributed by atoms with Crippen molar-refractivity contribution in [3.05, 3.63) is 84.2 Å². The molecule has 2 aromatic carbocycles. The number of carbonyl (C=O) groups is 3. The third-order valence-corrected chi connectivity index (χ3v) is 8.13. The highest BCUT2D eigenvalue weighted by Crippen LogP contribution is 2.33. The van der Waals surface area contributed by atoms with E-state index in [2.05, 4.69) is 20.2 Å². The Bertz CT molecular complexity index is 1390. The molecule has 10 heteroatoms. The summed E-state index contributed by atoms with van der Waals surface area (Å²) in [5, 5.41) is 6.85. The van der Waals surface area contributed by atoms with Crippen LogP contribution in [0, 0.1) is 0 Å². The van der Waals surface area contributed by atoms with Gasteiger partial charge in [0.2, 0.25) is 5.91 Å². The average molecular weight is 599 g/mol. The van der Waals surface area contributed by atoms with Crippen LogP contribution in [0.5, 0.6) is 0 Å². The summed E-state index contributed by atoms with van der Waals surface area (Å²) in [5.74, 6) is -0.00494. The topological polar surface area (TPSA) is 98.3 Å². The Morgan fingerprint density at radius 3 is 2.30 bits per heavy atom. The molecule has 3 aromatic rings. The molecule has 2 saturated heterocycles. The third-order valence-electron chi connectivity index (χ3n) is 8.13. The number of nitrogens with zero attached hydrogens (tertiary/aromatic N) is 5. The fraction of sp³-hybridized carbons (Fsp3) is 0.412. The Labute approximate surface area is 259 Å². The summed E-state index contributed by atoms with van der Waals surface area (Å²) in [4.78, 5) is 46.3. The van der Waals surface area contributed by atoms with Gasteiger partial charge in [-0.05, 0) is 36.1 Å². The van der Waals surface area contributed by atoms with E-state index in [0.717, 1.165) is 87.5 Å². The van der Waals surface area contributed by atoms with Crippen molar-refractivity contribution in [1.82, 2.24) is 25.1 Å². The second-order valence-corrected chi connectivity index (χ2v) is 11.3. The molecule has 1 aromatic heterocycles. The molecule has 3 heterocycles. The number of hydrogen-bond acceptors (Lipinski definition) is 8. The van der Waals surface area contributed by atoms with Crippen LogP contribution in [0.2, 0.25) is 0 Å². The van der Waals surface area contributed by atoms with Crippen LogP contribution in [0.15, 0.2) is 72.9 Å². The van der Waals surface area contributed by atoms with E-state index >= 15 is 0 Å². The van der Waals surface area contributed by atoms with E-state index in [1.807, 2.05) is 65.6 Å². The number of amides is 2. The number of piperidine rings is 1. The maximum absolute atomic E-state index is 13.5. The lowest BCUT2D eigenvalue weighted by Gasteiger charge is -2.37. The first-order valence-corrected chi connectivity index (χ1v) is 15.5. The largest absolute Gasteiger partial charge is 0.447 e. The Balaban J connectivity index is 1.11. The second-order valence-electron chi connectivity index (χ2n) is 11.3. The first-order chi connectivity index (χ1) is 21.5. The number of Topliss-reactive ketones (excluding diaryl/α,β-unsaturated/α-hetero) is 1. The molecule has 44 heavy (non-hydrogen) atoms. The van der Waals surface area contributed by atoms with Gasteiger partial charge in [-0.2, -0.15) is 0 Å². The number of hydrogen-bond donors (Lipinski definition) is 1. The van der Waals surface area contributed by atoms with E-state index in [4.69, 9.17) is 4.74 Å². The summed E-state index contributed by atoms with van der Waals surface area (Å²) in [7, 11) is 0. The highest BCUT2D eigenvalue weighted by Gasteiger charge is 2.28. The molecule has 2 aliphatic heterocycles. The van der Waals surface area contributed by atoms with Gasteiger partial charge in [0.25, 0.3) is 0 Å². The van der Waals surface area contributed by atoms with Gasteiger partial charge in [0.05, 0.1) is 12.2 Å². The standard InChI is InChI=1S/C34H42N6O4/c1-27(41)38-21-19-37(20-22-38)26-28-14-15-31(36-24-28)33(42)25-35-16-23-44-34(43)40(39-17-8-3-9-18-39)32-13-7-6-12-30(32)29-10-4-2-5-11-29/h2,4-7,10-15,24,35H,3,8-9,16-23,25-26H2,1H3. The number of hydrazine groups is 1. The SMILES string of the molecule is CC(=O)N1CCN(Cc2ccc(C(=O)CNCCOC(=O)N(c3ccccc3-c3ccccc3)N3CCCCC3)nc2)CC1. The number of ether oxygens (including phenoxy) is 1. The number of rotatable bonds is 11. The fourth-order valence-electron chi connectivity index (χ4n) is 5.69. The van der Waals surface area contributed by atoms with Crippen LogP contribution >= 0.6 is 0 Å². The van der Waals surface area contributed by atoms with Crippen LogP contribution in [0.4, 0.5) is 10.5 Å². The van der Waals surface area contributed by atoms with Gasteiger partial charge >= 0.3 is 6.09 Å². The van der Waals surface area contributed by atoms with Gasteiger partial charge in [-0.1, -0.05) is 61.0 Å². The van der Waals surface area contributed by atoms with E-state index in [9.17, 15) is 14.4 Å². The number of pyridine rings is 1. The van der Waals surface area contributed by atoms with Crippen molar-refractivity contribution >= 4 is 23.5 Å². The zero-order valence-corrected chi connectivity index (χ0v) is 25.5. The van der Waals surface area contributed by atoms with Crippen LogP contribution < -0.4 is 10.3 Å². The fourth-order valence-corrected chi connectivity index (χ4v) is 5.69. The first kappa shape index (κ1) is 31.3. The normalized spacial score (nSPS) is 16.0. The zero-order valence-electron chi connectivity index (χ0n) is 25.5. The summed E-state index contributed by atoms with van der Waals surface area (Å²) in [5.41, 5.74) is 4.22. The van der Waals surface area contributed by atoms with Crippen molar-refractivity contribution in [3.63, 3.8) is 0 Å². The van der Waals surface area contributed by atoms with E-state index < -0.39 is 6.09 Å². The Morgan fingerprint density at radius 1 is 0.864 bits per heavy atom. The Kier molecular flexibility index (Phi) is 11.1. The molecule has 1 N–H and O–H groups in total. The smallest absolute Gasteiger partial charge is 0.429 e. The molecule has 2 amide bonds. The molecule has 0 radical (unpaired) electrons. The molecular weight excluding hydrogens is 556 g/mol. The maximum atomic E-state index is 13.5. The lowest BCUT2D eigenvalue weighted by atomic mass is 10.0. The molecule has 0 bridgehead atoms.